The monoisotopic (exact) mass is 378 g/mol. The zero-order chi connectivity index (χ0) is 18.3. The lowest BCUT2D eigenvalue weighted by atomic mass is 10.1. The first-order valence-electron chi connectivity index (χ1n) is 7.28. The van der Waals surface area contributed by atoms with E-state index in [0.717, 1.165) is 10.6 Å². The second kappa shape index (κ2) is 6.54. The molecular formula is C13H22N4O5S2. The molecule has 9 nitrogen and oxygen atoms in total. The molecule has 136 valence electrons. The zero-order valence-electron chi connectivity index (χ0n) is 14.0. The van der Waals surface area contributed by atoms with Crippen LogP contribution in [0.1, 0.15) is 5.82 Å². The summed E-state index contributed by atoms with van der Waals surface area (Å²) in [6, 6.07) is 0. The Labute approximate surface area is 142 Å². The Morgan fingerprint density at radius 2 is 1.92 bits per heavy atom. The predicted molar refractivity (Wildman–Crippen MR) is 89.1 cm³/mol. The highest BCUT2D eigenvalue weighted by atomic mass is 32.2. The third kappa shape index (κ3) is 4.02. The third-order valence-corrected chi connectivity index (χ3v) is 6.99. The van der Waals surface area contributed by atoms with Gasteiger partial charge in [-0.15, -0.1) is 0 Å². The number of hydrogen-bond acceptors (Lipinski definition) is 8. The Balaban J connectivity index is 2.32. The van der Waals surface area contributed by atoms with Gasteiger partial charge in [0.15, 0.2) is 15.7 Å². The molecular weight excluding hydrogens is 356 g/mol. The number of aliphatic hydroxyl groups excluding tert-OH is 1. The van der Waals surface area contributed by atoms with Crippen LogP contribution in [0.15, 0.2) is 11.1 Å². The van der Waals surface area contributed by atoms with Crippen molar-refractivity contribution >= 4 is 25.7 Å². The molecule has 1 fully saturated rings. The van der Waals surface area contributed by atoms with Crippen LogP contribution < -0.4 is 4.90 Å². The molecule has 0 spiro atoms. The van der Waals surface area contributed by atoms with Gasteiger partial charge in [-0.25, -0.2) is 31.1 Å². The molecule has 0 radical (unpaired) electrons. The number of β-amino-alcohol motifs (C(OH)–C–C–N with tert-alkyl or cyclic N) is 1. The smallest absolute Gasteiger partial charge is 0.214 e. The Morgan fingerprint density at radius 1 is 1.29 bits per heavy atom. The molecule has 1 N–H and O–H groups in total. The lowest BCUT2D eigenvalue weighted by molar-refractivity contribution is 0.157. The molecule has 0 bridgehead atoms. The molecule has 2 heterocycles. The minimum atomic E-state index is -3.55. The summed E-state index contributed by atoms with van der Waals surface area (Å²) in [6.45, 7) is 1.95. The van der Waals surface area contributed by atoms with Gasteiger partial charge in [-0.3, -0.25) is 0 Å². The Bertz CT molecular complexity index is 823. The molecule has 2 atom stereocenters. The van der Waals surface area contributed by atoms with Crippen molar-refractivity contribution < 1.29 is 21.9 Å². The average Bonchev–Trinajstić information content (AvgIpc) is 2.77. The number of aromatic nitrogens is 2. The Hall–Kier alpha value is -1.30. The number of hydrogen-bond donors (Lipinski definition) is 1. The first-order valence-corrected chi connectivity index (χ1v) is 10.8. The normalized spacial score (nSPS) is 22.3. The summed E-state index contributed by atoms with van der Waals surface area (Å²) in [5.41, 5.74) is 0. The van der Waals surface area contributed by atoms with E-state index in [9.17, 15) is 21.9 Å². The van der Waals surface area contributed by atoms with Gasteiger partial charge in [-0.1, -0.05) is 0 Å². The maximum Gasteiger partial charge on any atom is 0.214 e. The van der Waals surface area contributed by atoms with Crippen molar-refractivity contribution in [2.45, 2.75) is 17.9 Å². The maximum absolute atomic E-state index is 12.0. The topological polar surface area (TPSA) is 121 Å². The third-order valence-electron chi connectivity index (χ3n) is 3.94. The quantitative estimate of drug-likeness (QED) is 0.684. The van der Waals surface area contributed by atoms with E-state index in [1.807, 2.05) is 0 Å². The molecule has 1 aromatic heterocycles. The fourth-order valence-electron chi connectivity index (χ4n) is 2.55. The van der Waals surface area contributed by atoms with Crippen molar-refractivity contribution in [2.24, 2.45) is 5.92 Å². The summed E-state index contributed by atoms with van der Waals surface area (Å²) in [7, 11) is -4.15. The summed E-state index contributed by atoms with van der Waals surface area (Å²) in [4.78, 5) is 9.67. The first-order chi connectivity index (χ1) is 10.9. The van der Waals surface area contributed by atoms with Crippen LogP contribution in [0.2, 0.25) is 0 Å². The zero-order valence-corrected chi connectivity index (χ0v) is 15.7. The Morgan fingerprint density at radius 3 is 2.46 bits per heavy atom. The number of rotatable bonds is 5. The highest BCUT2D eigenvalue weighted by Crippen LogP contribution is 2.29. The molecule has 1 saturated heterocycles. The molecule has 1 aliphatic heterocycles. The molecule has 1 aromatic rings. The number of aliphatic hydroxyl groups is 1. The van der Waals surface area contributed by atoms with E-state index in [0.29, 0.717) is 5.82 Å². The molecule has 0 unspecified atom stereocenters. The lowest BCUT2D eigenvalue weighted by Crippen LogP contribution is -2.33. The summed E-state index contributed by atoms with van der Waals surface area (Å²) in [5.74, 6) is -0.138. The number of nitrogens with zero attached hydrogens (tertiary/aromatic N) is 4. The lowest BCUT2D eigenvalue weighted by Gasteiger charge is -2.20. The minimum absolute atomic E-state index is 0.0311. The van der Waals surface area contributed by atoms with Crippen molar-refractivity contribution in [1.29, 1.82) is 0 Å². The SMILES string of the molecule is Cc1ncc(S(C)(=O)=O)c(N2C[C@@H](CS(=O)(=O)N(C)C)[C@H](O)C2)n1. The molecule has 0 saturated carbocycles. The minimum Gasteiger partial charge on any atom is -0.391 e. The van der Waals surface area contributed by atoms with Gasteiger partial charge >= 0.3 is 0 Å². The van der Waals surface area contributed by atoms with E-state index in [2.05, 4.69) is 9.97 Å². The molecule has 2 rings (SSSR count). The standard InChI is InChI=1S/C13H22N4O5S2/c1-9-14-5-12(23(4,19)20)13(15-9)17-6-10(11(18)7-17)8-24(21,22)16(2)3/h5,10-11,18H,6-8H2,1-4H3/t10-,11+/m0/s1. The van der Waals surface area contributed by atoms with Gasteiger partial charge in [0.1, 0.15) is 10.7 Å². The summed E-state index contributed by atoms with van der Waals surface area (Å²) in [5, 5.41) is 10.2. The van der Waals surface area contributed by atoms with E-state index < -0.39 is 31.9 Å². The largest absolute Gasteiger partial charge is 0.391 e. The molecule has 1 aliphatic rings. The van der Waals surface area contributed by atoms with Gasteiger partial charge in [0, 0.05) is 39.4 Å². The fourth-order valence-corrected chi connectivity index (χ4v) is 4.46. The van der Waals surface area contributed by atoms with E-state index >= 15 is 0 Å². The molecule has 0 amide bonds. The number of aryl methyl sites for hydroxylation is 1. The summed E-state index contributed by atoms with van der Waals surface area (Å²) >= 11 is 0. The van der Waals surface area contributed by atoms with Crippen molar-refractivity contribution in [3.8, 4) is 0 Å². The number of anilines is 1. The second-order valence-electron chi connectivity index (χ2n) is 6.17. The van der Waals surface area contributed by atoms with E-state index in [4.69, 9.17) is 0 Å². The fraction of sp³-hybridized carbons (Fsp3) is 0.692. The molecule has 0 aliphatic carbocycles. The number of sulfone groups is 1. The van der Waals surface area contributed by atoms with Crippen LogP contribution in [0.25, 0.3) is 0 Å². The number of sulfonamides is 1. The van der Waals surface area contributed by atoms with Crippen molar-refractivity contribution in [3.63, 3.8) is 0 Å². The maximum atomic E-state index is 12.0. The van der Waals surface area contributed by atoms with E-state index in [1.54, 1.807) is 11.8 Å². The van der Waals surface area contributed by atoms with Gasteiger partial charge in [0.2, 0.25) is 10.0 Å². The highest BCUT2D eigenvalue weighted by Gasteiger charge is 2.37. The Kier molecular flexibility index (Phi) is 5.19. The van der Waals surface area contributed by atoms with Crippen LogP contribution in [0.4, 0.5) is 5.82 Å². The van der Waals surface area contributed by atoms with E-state index in [-0.39, 0.29) is 29.6 Å². The van der Waals surface area contributed by atoms with Crippen LogP contribution in [-0.2, 0) is 19.9 Å². The van der Waals surface area contributed by atoms with E-state index in [1.165, 1.54) is 20.3 Å². The van der Waals surface area contributed by atoms with Gasteiger partial charge < -0.3 is 10.0 Å². The average molecular weight is 378 g/mol. The van der Waals surface area contributed by atoms with Crippen LogP contribution >= 0.6 is 0 Å². The van der Waals surface area contributed by atoms with Gasteiger partial charge in [0.25, 0.3) is 0 Å². The first kappa shape index (κ1) is 19.0. The van der Waals surface area contributed by atoms with Crippen molar-refractivity contribution in [1.82, 2.24) is 14.3 Å². The van der Waals surface area contributed by atoms with Crippen LogP contribution in [0.3, 0.4) is 0 Å². The van der Waals surface area contributed by atoms with Crippen LogP contribution in [0.5, 0.6) is 0 Å². The molecule has 24 heavy (non-hydrogen) atoms. The summed E-state index contributed by atoms with van der Waals surface area (Å²) in [6.07, 6.45) is 1.41. The molecule has 0 aromatic carbocycles. The van der Waals surface area contributed by atoms with Crippen molar-refractivity contribution in [2.75, 3.05) is 44.1 Å². The molecule has 11 heteroatoms. The predicted octanol–water partition coefficient (Wildman–Crippen LogP) is -1.12. The van der Waals surface area contributed by atoms with Gasteiger partial charge in [0.05, 0.1) is 18.1 Å². The second-order valence-corrected chi connectivity index (χ2v) is 10.4. The van der Waals surface area contributed by atoms with Crippen LogP contribution in [-0.4, -0.2) is 81.5 Å². The van der Waals surface area contributed by atoms with Crippen LogP contribution in [0, 0.1) is 12.8 Å². The highest BCUT2D eigenvalue weighted by molar-refractivity contribution is 7.90. The van der Waals surface area contributed by atoms with Gasteiger partial charge in [-0.2, -0.15) is 0 Å². The summed E-state index contributed by atoms with van der Waals surface area (Å²) < 4.78 is 49.0. The van der Waals surface area contributed by atoms with Crippen molar-refractivity contribution in [3.05, 3.63) is 12.0 Å². The van der Waals surface area contributed by atoms with Gasteiger partial charge in [-0.05, 0) is 6.92 Å².